The van der Waals surface area contributed by atoms with Crippen LogP contribution in [-0.4, -0.2) is 37.4 Å². The Morgan fingerprint density at radius 1 is 1.41 bits per heavy atom. The highest BCUT2D eigenvalue weighted by molar-refractivity contribution is 5.90. The van der Waals surface area contributed by atoms with Crippen LogP contribution in [0.3, 0.4) is 0 Å². The first kappa shape index (κ1) is 11.9. The molecule has 0 aliphatic carbocycles. The Labute approximate surface area is 101 Å². The van der Waals surface area contributed by atoms with Crippen molar-refractivity contribution < 1.29 is 14.6 Å². The van der Waals surface area contributed by atoms with Crippen molar-refractivity contribution >= 4 is 11.7 Å². The zero-order valence-electron chi connectivity index (χ0n) is 9.98. The average molecular weight is 235 g/mol. The molecule has 17 heavy (non-hydrogen) atoms. The first-order valence-electron chi connectivity index (χ1n) is 5.91. The van der Waals surface area contributed by atoms with E-state index < -0.39 is 5.97 Å². The molecule has 2 rings (SSSR count). The lowest BCUT2D eigenvalue weighted by molar-refractivity contribution is 0.0695. The molecule has 92 valence electrons. The SMILES string of the molecule is CCc1cc(N2CCOCC2)ccc1C(=O)O. The van der Waals surface area contributed by atoms with Crippen molar-refractivity contribution in [2.45, 2.75) is 13.3 Å². The maximum absolute atomic E-state index is 11.0. The molecule has 0 atom stereocenters. The number of aromatic carboxylic acids is 1. The molecule has 1 aromatic carbocycles. The number of ether oxygens (including phenoxy) is 1. The molecule has 0 bridgehead atoms. The van der Waals surface area contributed by atoms with Gasteiger partial charge >= 0.3 is 5.97 Å². The van der Waals surface area contributed by atoms with Gasteiger partial charge in [-0.25, -0.2) is 4.79 Å². The summed E-state index contributed by atoms with van der Waals surface area (Å²) in [6.45, 7) is 5.19. The van der Waals surface area contributed by atoms with E-state index in [4.69, 9.17) is 9.84 Å². The molecule has 4 nitrogen and oxygen atoms in total. The van der Waals surface area contributed by atoms with Crippen molar-refractivity contribution in [1.82, 2.24) is 0 Å². The summed E-state index contributed by atoms with van der Waals surface area (Å²) >= 11 is 0. The van der Waals surface area contributed by atoms with Crippen LogP contribution in [0.2, 0.25) is 0 Å². The molecular weight excluding hydrogens is 218 g/mol. The normalized spacial score (nSPS) is 15.9. The smallest absolute Gasteiger partial charge is 0.335 e. The number of benzene rings is 1. The summed E-state index contributed by atoms with van der Waals surface area (Å²) < 4.78 is 5.30. The molecule has 0 unspecified atom stereocenters. The molecule has 1 aromatic rings. The van der Waals surface area contributed by atoms with Gasteiger partial charge in [0, 0.05) is 18.8 Å². The number of rotatable bonds is 3. The molecule has 1 aliphatic rings. The maximum Gasteiger partial charge on any atom is 0.335 e. The Hall–Kier alpha value is -1.55. The quantitative estimate of drug-likeness (QED) is 0.867. The number of carboxylic acid groups (broad SMARTS) is 1. The Morgan fingerprint density at radius 2 is 2.12 bits per heavy atom. The lowest BCUT2D eigenvalue weighted by Gasteiger charge is -2.29. The maximum atomic E-state index is 11.0. The van der Waals surface area contributed by atoms with E-state index >= 15 is 0 Å². The van der Waals surface area contributed by atoms with Gasteiger partial charge in [0.2, 0.25) is 0 Å². The van der Waals surface area contributed by atoms with Crippen LogP contribution in [-0.2, 0) is 11.2 Å². The number of carboxylic acids is 1. The van der Waals surface area contributed by atoms with Gasteiger partial charge in [-0.1, -0.05) is 6.92 Å². The van der Waals surface area contributed by atoms with E-state index in [0.29, 0.717) is 5.56 Å². The molecule has 4 heteroatoms. The van der Waals surface area contributed by atoms with Gasteiger partial charge < -0.3 is 14.7 Å². The van der Waals surface area contributed by atoms with Crippen LogP contribution < -0.4 is 4.90 Å². The molecule has 1 aliphatic heterocycles. The van der Waals surface area contributed by atoms with Crippen LogP contribution in [0.5, 0.6) is 0 Å². The second-order valence-corrected chi connectivity index (χ2v) is 4.10. The predicted octanol–water partition coefficient (Wildman–Crippen LogP) is 1.78. The number of carbonyl (C=O) groups is 1. The Balaban J connectivity index is 2.27. The van der Waals surface area contributed by atoms with Gasteiger partial charge in [0.15, 0.2) is 0 Å². The topological polar surface area (TPSA) is 49.8 Å². The fraction of sp³-hybridized carbons (Fsp3) is 0.462. The average Bonchev–Trinajstić information content (AvgIpc) is 2.39. The molecule has 0 radical (unpaired) electrons. The van der Waals surface area contributed by atoms with E-state index in [-0.39, 0.29) is 0 Å². The molecule has 0 saturated carbocycles. The highest BCUT2D eigenvalue weighted by Crippen LogP contribution is 2.21. The van der Waals surface area contributed by atoms with Crippen LogP contribution in [0.25, 0.3) is 0 Å². The lowest BCUT2D eigenvalue weighted by atomic mass is 10.0. The standard InChI is InChI=1S/C13H17NO3/c1-2-10-9-11(3-4-12(10)13(15)16)14-5-7-17-8-6-14/h3-4,9H,2,5-8H2,1H3,(H,15,16). The second kappa shape index (κ2) is 5.19. The van der Waals surface area contributed by atoms with Gasteiger partial charge in [-0.2, -0.15) is 0 Å². The van der Waals surface area contributed by atoms with E-state index in [1.54, 1.807) is 6.07 Å². The van der Waals surface area contributed by atoms with Gasteiger partial charge in [0.05, 0.1) is 18.8 Å². The lowest BCUT2D eigenvalue weighted by Crippen LogP contribution is -2.36. The zero-order chi connectivity index (χ0) is 12.3. The minimum absolute atomic E-state index is 0.407. The molecule has 0 spiro atoms. The number of morpholine rings is 1. The third-order valence-electron chi connectivity index (χ3n) is 3.08. The zero-order valence-corrected chi connectivity index (χ0v) is 9.98. The Kier molecular flexibility index (Phi) is 3.64. The number of hydrogen-bond acceptors (Lipinski definition) is 3. The monoisotopic (exact) mass is 235 g/mol. The largest absolute Gasteiger partial charge is 0.478 e. The third kappa shape index (κ3) is 2.58. The van der Waals surface area contributed by atoms with Crippen LogP contribution >= 0.6 is 0 Å². The fourth-order valence-corrected chi connectivity index (χ4v) is 2.10. The van der Waals surface area contributed by atoms with Crippen molar-refractivity contribution in [2.75, 3.05) is 31.2 Å². The summed E-state index contributed by atoms with van der Waals surface area (Å²) in [5.41, 5.74) is 2.39. The van der Waals surface area contributed by atoms with E-state index in [0.717, 1.165) is 44.0 Å². The molecule has 1 heterocycles. The number of hydrogen-bond donors (Lipinski definition) is 1. The van der Waals surface area contributed by atoms with Crippen molar-refractivity contribution in [1.29, 1.82) is 0 Å². The van der Waals surface area contributed by atoms with Crippen molar-refractivity contribution in [2.24, 2.45) is 0 Å². The fourth-order valence-electron chi connectivity index (χ4n) is 2.10. The van der Waals surface area contributed by atoms with Crippen LogP contribution in [0, 0.1) is 0 Å². The molecule has 1 fully saturated rings. The van der Waals surface area contributed by atoms with E-state index in [1.807, 2.05) is 19.1 Å². The Bertz CT molecular complexity index is 411. The first-order valence-corrected chi connectivity index (χ1v) is 5.91. The highest BCUT2D eigenvalue weighted by atomic mass is 16.5. The van der Waals surface area contributed by atoms with Gasteiger partial charge in [-0.15, -0.1) is 0 Å². The second-order valence-electron chi connectivity index (χ2n) is 4.10. The minimum Gasteiger partial charge on any atom is -0.478 e. The third-order valence-corrected chi connectivity index (χ3v) is 3.08. The molecule has 0 amide bonds. The van der Waals surface area contributed by atoms with Gasteiger partial charge in [-0.05, 0) is 30.2 Å². The van der Waals surface area contributed by atoms with Crippen LogP contribution in [0.4, 0.5) is 5.69 Å². The highest BCUT2D eigenvalue weighted by Gasteiger charge is 2.14. The first-order chi connectivity index (χ1) is 8.22. The number of anilines is 1. The van der Waals surface area contributed by atoms with E-state index in [2.05, 4.69) is 4.90 Å². The summed E-state index contributed by atoms with van der Waals surface area (Å²) in [7, 11) is 0. The molecule has 0 aromatic heterocycles. The van der Waals surface area contributed by atoms with Crippen LogP contribution in [0.1, 0.15) is 22.8 Å². The summed E-state index contributed by atoms with van der Waals surface area (Å²) in [6, 6.07) is 5.56. The van der Waals surface area contributed by atoms with E-state index in [1.165, 1.54) is 0 Å². The van der Waals surface area contributed by atoms with Gasteiger partial charge in [0.1, 0.15) is 0 Å². The van der Waals surface area contributed by atoms with Gasteiger partial charge in [-0.3, -0.25) is 0 Å². The molecule has 1 saturated heterocycles. The van der Waals surface area contributed by atoms with Crippen molar-refractivity contribution in [3.05, 3.63) is 29.3 Å². The van der Waals surface area contributed by atoms with Crippen molar-refractivity contribution in [3.63, 3.8) is 0 Å². The number of aryl methyl sites for hydroxylation is 1. The minimum atomic E-state index is -0.852. The molecule has 1 N–H and O–H groups in total. The van der Waals surface area contributed by atoms with Gasteiger partial charge in [0.25, 0.3) is 0 Å². The predicted molar refractivity (Wildman–Crippen MR) is 65.8 cm³/mol. The summed E-state index contributed by atoms with van der Waals surface area (Å²) in [5.74, 6) is -0.852. The summed E-state index contributed by atoms with van der Waals surface area (Å²) in [6.07, 6.45) is 0.736. The molecular formula is C13H17NO3. The summed E-state index contributed by atoms with van der Waals surface area (Å²) in [4.78, 5) is 13.3. The Morgan fingerprint density at radius 3 is 2.71 bits per heavy atom. The number of nitrogens with zero attached hydrogens (tertiary/aromatic N) is 1. The van der Waals surface area contributed by atoms with Crippen molar-refractivity contribution in [3.8, 4) is 0 Å². The van der Waals surface area contributed by atoms with E-state index in [9.17, 15) is 4.79 Å². The summed E-state index contributed by atoms with van der Waals surface area (Å²) in [5, 5.41) is 9.06. The van der Waals surface area contributed by atoms with Crippen LogP contribution in [0.15, 0.2) is 18.2 Å².